The van der Waals surface area contributed by atoms with Crippen LogP contribution < -0.4 is 11.1 Å². The highest BCUT2D eigenvalue weighted by Gasteiger charge is 2.30. The first kappa shape index (κ1) is 13.4. The van der Waals surface area contributed by atoms with E-state index < -0.39 is 0 Å². The largest absolute Gasteiger partial charge is 0.330 e. The van der Waals surface area contributed by atoms with Crippen LogP contribution in [0.3, 0.4) is 0 Å². The Morgan fingerprint density at radius 2 is 1.47 bits per heavy atom. The maximum atomic E-state index is 6.08. The summed E-state index contributed by atoms with van der Waals surface area (Å²) in [6, 6.07) is 0.787. The molecule has 2 nitrogen and oxygen atoms in total. The first-order valence-electron chi connectivity index (χ1n) is 7.78. The lowest BCUT2D eigenvalue weighted by Crippen LogP contribution is -2.44. The van der Waals surface area contributed by atoms with E-state index >= 15 is 0 Å². The third-order valence-electron chi connectivity index (χ3n) is 4.97. The maximum Gasteiger partial charge on any atom is 0.00673 e. The Kier molecular flexibility index (Phi) is 5.30. The second-order valence-electron chi connectivity index (χ2n) is 6.33. The number of nitrogens with one attached hydrogen (secondary N) is 1. The Balaban J connectivity index is 1.80. The zero-order valence-electron chi connectivity index (χ0n) is 11.3. The highest BCUT2D eigenvalue weighted by atomic mass is 14.9. The predicted octanol–water partition coefficient (Wildman–Crippen LogP) is 3.21. The molecule has 0 atom stereocenters. The molecule has 17 heavy (non-hydrogen) atoms. The van der Waals surface area contributed by atoms with Gasteiger partial charge in [0.2, 0.25) is 0 Å². The zero-order chi connectivity index (χ0) is 12.0. The highest BCUT2D eigenvalue weighted by molar-refractivity contribution is 4.86. The molecule has 0 amide bonds. The maximum absolute atomic E-state index is 6.08. The van der Waals surface area contributed by atoms with Crippen LogP contribution in [-0.4, -0.2) is 19.1 Å². The molecule has 0 aliphatic heterocycles. The molecule has 0 aromatic heterocycles. The summed E-state index contributed by atoms with van der Waals surface area (Å²) in [4.78, 5) is 0. The van der Waals surface area contributed by atoms with Gasteiger partial charge in [-0.1, -0.05) is 44.9 Å². The summed E-state index contributed by atoms with van der Waals surface area (Å²) in [5.74, 6) is 0. The van der Waals surface area contributed by atoms with Crippen LogP contribution in [0.25, 0.3) is 0 Å². The molecule has 0 unspecified atom stereocenters. The van der Waals surface area contributed by atoms with Gasteiger partial charge in [0.1, 0.15) is 0 Å². The van der Waals surface area contributed by atoms with Gasteiger partial charge in [-0.3, -0.25) is 0 Å². The first-order valence-corrected chi connectivity index (χ1v) is 7.78. The molecule has 100 valence electrons. The average Bonchev–Trinajstić information content (AvgIpc) is 2.64. The molecular weight excluding hydrogens is 208 g/mol. The van der Waals surface area contributed by atoms with Gasteiger partial charge < -0.3 is 11.1 Å². The van der Waals surface area contributed by atoms with Crippen molar-refractivity contribution < 1.29 is 0 Å². The number of nitrogens with two attached hydrogens (primary N) is 1. The van der Waals surface area contributed by atoms with Crippen LogP contribution in [0.4, 0.5) is 0 Å². The molecule has 2 heteroatoms. The van der Waals surface area contributed by atoms with Gasteiger partial charge in [-0.2, -0.15) is 0 Å². The molecule has 2 fully saturated rings. The minimum Gasteiger partial charge on any atom is -0.330 e. The van der Waals surface area contributed by atoms with Gasteiger partial charge in [0, 0.05) is 12.6 Å². The fourth-order valence-electron chi connectivity index (χ4n) is 3.60. The van der Waals surface area contributed by atoms with Crippen LogP contribution in [-0.2, 0) is 0 Å². The van der Waals surface area contributed by atoms with Crippen molar-refractivity contribution in [2.45, 2.75) is 76.7 Å². The SMILES string of the molecule is NCC1(CNC2CCCCC2)CCCCCC1. The van der Waals surface area contributed by atoms with Gasteiger partial charge in [-0.25, -0.2) is 0 Å². The number of hydrogen-bond acceptors (Lipinski definition) is 2. The number of rotatable bonds is 4. The van der Waals surface area contributed by atoms with E-state index in [0.717, 1.165) is 12.6 Å². The molecule has 0 aromatic carbocycles. The predicted molar refractivity (Wildman–Crippen MR) is 74.1 cm³/mol. The van der Waals surface area contributed by atoms with Gasteiger partial charge in [0.15, 0.2) is 0 Å². The van der Waals surface area contributed by atoms with Gasteiger partial charge >= 0.3 is 0 Å². The second-order valence-corrected chi connectivity index (χ2v) is 6.33. The molecule has 3 N–H and O–H groups in total. The Hall–Kier alpha value is -0.0800. The average molecular weight is 238 g/mol. The third kappa shape index (κ3) is 3.96. The van der Waals surface area contributed by atoms with E-state index in [9.17, 15) is 0 Å². The summed E-state index contributed by atoms with van der Waals surface area (Å²) in [7, 11) is 0. The smallest absolute Gasteiger partial charge is 0.00673 e. The first-order chi connectivity index (χ1) is 8.35. The van der Waals surface area contributed by atoms with Gasteiger partial charge in [0.05, 0.1) is 0 Å². The monoisotopic (exact) mass is 238 g/mol. The zero-order valence-corrected chi connectivity index (χ0v) is 11.3. The molecule has 2 aliphatic rings. The normalized spacial score (nSPS) is 26.6. The molecule has 2 saturated carbocycles. The highest BCUT2D eigenvalue weighted by Crippen LogP contribution is 2.34. The Bertz CT molecular complexity index is 201. The summed E-state index contributed by atoms with van der Waals surface area (Å²) < 4.78 is 0. The summed E-state index contributed by atoms with van der Waals surface area (Å²) in [6.07, 6.45) is 15.4. The van der Waals surface area contributed by atoms with Gasteiger partial charge in [0.25, 0.3) is 0 Å². The fraction of sp³-hybridized carbons (Fsp3) is 1.00. The molecule has 0 aromatic rings. The Morgan fingerprint density at radius 1 is 0.882 bits per heavy atom. The van der Waals surface area contributed by atoms with Crippen LogP contribution in [0.2, 0.25) is 0 Å². The molecule has 2 rings (SSSR count). The molecule has 2 aliphatic carbocycles. The van der Waals surface area contributed by atoms with E-state index in [-0.39, 0.29) is 0 Å². The minimum absolute atomic E-state index is 0.425. The fourth-order valence-corrected chi connectivity index (χ4v) is 3.60. The van der Waals surface area contributed by atoms with Crippen LogP contribution >= 0.6 is 0 Å². The Labute approximate surface area is 107 Å². The van der Waals surface area contributed by atoms with Crippen LogP contribution in [0.5, 0.6) is 0 Å². The van der Waals surface area contributed by atoms with Gasteiger partial charge in [-0.05, 0) is 37.6 Å². The summed E-state index contributed by atoms with van der Waals surface area (Å²) in [5, 5.41) is 3.83. The van der Waals surface area contributed by atoms with Crippen molar-refractivity contribution in [2.75, 3.05) is 13.1 Å². The summed E-state index contributed by atoms with van der Waals surface area (Å²) in [5.41, 5.74) is 6.51. The standard InChI is InChI=1S/C15H30N2/c16-12-15(10-6-1-2-7-11-15)13-17-14-8-4-3-5-9-14/h14,17H,1-13,16H2. The summed E-state index contributed by atoms with van der Waals surface area (Å²) in [6.45, 7) is 2.06. The summed E-state index contributed by atoms with van der Waals surface area (Å²) >= 11 is 0. The third-order valence-corrected chi connectivity index (χ3v) is 4.97. The van der Waals surface area contributed by atoms with Crippen LogP contribution in [0, 0.1) is 5.41 Å². The van der Waals surface area contributed by atoms with Crippen molar-refractivity contribution in [3.63, 3.8) is 0 Å². The number of hydrogen-bond donors (Lipinski definition) is 2. The molecule has 0 saturated heterocycles. The van der Waals surface area contributed by atoms with E-state index in [1.165, 1.54) is 77.2 Å². The molecule has 0 spiro atoms. The topological polar surface area (TPSA) is 38.0 Å². The van der Waals surface area contributed by atoms with E-state index in [2.05, 4.69) is 5.32 Å². The lowest BCUT2D eigenvalue weighted by atomic mass is 9.80. The van der Waals surface area contributed by atoms with Crippen molar-refractivity contribution in [3.05, 3.63) is 0 Å². The van der Waals surface area contributed by atoms with E-state index in [1.54, 1.807) is 0 Å². The van der Waals surface area contributed by atoms with Crippen molar-refractivity contribution in [3.8, 4) is 0 Å². The van der Waals surface area contributed by atoms with Crippen LogP contribution in [0.1, 0.15) is 70.6 Å². The minimum atomic E-state index is 0.425. The molecule has 0 bridgehead atoms. The van der Waals surface area contributed by atoms with Crippen molar-refractivity contribution in [1.82, 2.24) is 5.32 Å². The van der Waals surface area contributed by atoms with Crippen molar-refractivity contribution in [2.24, 2.45) is 11.1 Å². The van der Waals surface area contributed by atoms with Crippen molar-refractivity contribution in [1.29, 1.82) is 0 Å². The lowest BCUT2D eigenvalue weighted by molar-refractivity contribution is 0.220. The Morgan fingerprint density at radius 3 is 2.06 bits per heavy atom. The van der Waals surface area contributed by atoms with E-state index in [1.807, 2.05) is 0 Å². The lowest BCUT2D eigenvalue weighted by Gasteiger charge is -2.34. The van der Waals surface area contributed by atoms with Crippen LogP contribution in [0.15, 0.2) is 0 Å². The second kappa shape index (κ2) is 6.75. The van der Waals surface area contributed by atoms with E-state index in [4.69, 9.17) is 5.73 Å². The van der Waals surface area contributed by atoms with Gasteiger partial charge in [-0.15, -0.1) is 0 Å². The molecular formula is C15H30N2. The quantitative estimate of drug-likeness (QED) is 0.738. The molecule has 0 heterocycles. The van der Waals surface area contributed by atoms with Crippen molar-refractivity contribution >= 4 is 0 Å². The van der Waals surface area contributed by atoms with E-state index in [0.29, 0.717) is 5.41 Å². The molecule has 0 radical (unpaired) electrons.